The lowest BCUT2D eigenvalue weighted by molar-refractivity contribution is -0.140. The SMILES string of the molecule is CC(C)Oc1cccc(/C(O)=C2/C(=O)C(=O)N(Cc3ccncc3)C2c2ccncc2)c1. The molecule has 4 rings (SSSR count). The molecule has 0 spiro atoms. The number of carbonyl (C=O) groups excluding carboxylic acids is 2. The van der Waals surface area contributed by atoms with Crippen LogP contribution in [-0.2, 0) is 16.1 Å². The third-order valence-electron chi connectivity index (χ3n) is 5.14. The van der Waals surface area contributed by atoms with Gasteiger partial charge in [0.05, 0.1) is 17.7 Å². The number of pyridine rings is 2. The van der Waals surface area contributed by atoms with Crippen LogP contribution in [-0.4, -0.2) is 37.8 Å². The van der Waals surface area contributed by atoms with Crippen LogP contribution in [0.25, 0.3) is 5.76 Å². The highest BCUT2D eigenvalue weighted by Crippen LogP contribution is 2.40. The minimum Gasteiger partial charge on any atom is -0.507 e. The molecule has 0 bridgehead atoms. The van der Waals surface area contributed by atoms with E-state index in [1.54, 1.807) is 73.3 Å². The van der Waals surface area contributed by atoms with Gasteiger partial charge in [0, 0.05) is 36.9 Å². The van der Waals surface area contributed by atoms with E-state index in [0.29, 0.717) is 16.9 Å². The average Bonchev–Trinajstić information content (AvgIpc) is 3.04. The van der Waals surface area contributed by atoms with Gasteiger partial charge in [-0.15, -0.1) is 0 Å². The largest absolute Gasteiger partial charge is 0.507 e. The molecule has 1 aliphatic rings. The molecular weight excluding hydrogens is 406 g/mol. The van der Waals surface area contributed by atoms with Gasteiger partial charge in [0.1, 0.15) is 11.5 Å². The summed E-state index contributed by atoms with van der Waals surface area (Å²) < 4.78 is 5.72. The number of hydrogen-bond acceptors (Lipinski definition) is 6. The zero-order valence-electron chi connectivity index (χ0n) is 17.8. The molecule has 0 radical (unpaired) electrons. The van der Waals surface area contributed by atoms with Gasteiger partial charge in [0.2, 0.25) is 0 Å². The van der Waals surface area contributed by atoms with Crippen molar-refractivity contribution in [2.24, 2.45) is 0 Å². The second kappa shape index (κ2) is 9.01. The maximum atomic E-state index is 13.1. The van der Waals surface area contributed by atoms with Gasteiger partial charge in [-0.2, -0.15) is 0 Å². The number of aliphatic hydroxyl groups excluding tert-OH is 1. The Morgan fingerprint density at radius 1 is 1.03 bits per heavy atom. The van der Waals surface area contributed by atoms with E-state index in [0.717, 1.165) is 5.56 Å². The zero-order valence-corrected chi connectivity index (χ0v) is 17.8. The molecule has 3 heterocycles. The topological polar surface area (TPSA) is 92.6 Å². The Morgan fingerprint density at radius 2 is 1.69 bits per heavy atom. The highest BCUT2D eigenvalue weighted by atomic mass is 16.5. The molecule has 1 aliphatic heterocycles. The van der Waals surface area contributed by atoms with Crippen molar-refractivity contribution in [1.29, 1.82) is 0 Å². The molecule has 162 valence electrons. The van der Waals surface area contributed by atoms with Crippen LogP contribution in [0.1, 0.15) is 36.6 Å². The normalized spacial score (nSPS) is 17.7. The number of nitrogens with zero attached hydrogens (tertiary/aromatic N) is 3. The maximum absolute atomic E-state index is 13.1. The van der Waals surface area contributed by atoms with Crippen LogP contribution < -0.4 is 4.74 Å². The summed E-state index contributed by atoms with van der Waals surface area (Å²) in [6, 6.07) is 13.2. The van der Waals surface area contributed by atoms with Gasteiger partial charge in [-0.25, -0.2) is 0 Å². The molecule has 0 aliphatic carbocycles. The summed E-state index contributed by atoms with van der Waals surface area (Å²) in [5.41, 5.74) is 1.96. The summed E-state index contributed by atoms with van der Waals surface area (Å²) in [6.07, 6.45) is 6.41. The minimum absolute atomic E-state index is 0.0388. The van der Waals surface area contributed by atoms with Crippen LogP contribution in [0.5, 0.6) is 5.75 Å². The number of benzene rings is 1. The molecule has 1 aromatic carbocycles. The van der Waals surface area contributed by atoms with Crippen molar-refractivity contribution in [3.05, 3.63) is 95.6 Å². The summed E-state index contributed by atoms with van der Waals surface area (Å²) in [5.74, 6) is -1.07. The van der Waals surface area contributed by atoms with Gasteiger partial charge in [0.25, 0.3) is 11.7 Å². The Balaban J connectivity index is 1.82. The Bertz CT molecular complexity index is 1160. The average molecular weight is 429 g/mol. The van der Waals surface area contributed by atoms with Gasteiger partial charge >= 0.3 is 0 Å². The number of rotatable bonds is 6. The number of aromatic nitrogens is 2. The van der Waals surface area contributed by atoms with Crippen molar-refractivity contribution in [2.45, 2.75) is 32.5 Å². The van der Waals surface area contributed by atoms with Crippen LogP contribution in [0.4, 0.5) is 0 Å². The number of hydrogen-bond donors (Lipinski definition) is 1. The minimum atomic E-state index is -0.749. The molecule has 1 fully saturated rings. The Kier molecular flexibility index (Phi) is 5.98. The first-order chi connectivity index (χ1) is 15.5. The van der Waals surface area contributed by atoms with Crippen molar-refractivity contribution in [2.75, 3.05) is 0 Å². The van der Waals surface area contributed by atoms with Crippen LogP contribution in [0, 0.1) is 0 Å². The summed E-state index contributed by atoms with van der Waals surface area (Å²) in [6.45, 7) is 4.01. The Hall–Kier alpha value is -4.00. The number of aliphatic hydroxyl groups is 1. The summed E-state index contributed by atoms with van der Waals surface area (Å²) in [7, 11) is 0. The second-order valence-corrected chi connectivity index (χ2v) is 7.76. The standard InChI is InChI=1S/C25H23N3O4/c1-16(2)32-20-5-3-4-19(14-20)23(29)21-22(18-8-12-27-13-9-18)28(25(31)24(21)30)15-17-6-10-26-11-7-17/h3-14,16,22,29H,15H2,1-2H3/b23-21-. The van der Waals surface area contributed by atoms with E-state index in [2.05, 4.69) is 9.97 Å². The lowest BCUT2D eigenvalue weighted by Gasteiger charge is -2.25. The smallest absolute Gasteiger partial charge is 0.295 e. The van der Waals surface area contributed by atoms with E-state index in [1.807, 2.05) is 13.8 Å². The number of likely N-dealkylation sites (tertiary alicyclic amines) is 1. The first-order valence-electron chi connectivity index (χ1n) is 10.3. The number of ether oxygens (including phenoxy) is 1. The number of ketones is 1. The molecule has 1 saturated heterocycles. The monoisotopic (exact) mass is 429 g/mol. The summed E-state index contributed by atoms with van der Waals surface area (Å²) in [4.78, 5) is 35.6. The molecule has 7 heteroatoms. The number of Topliss-reactive ketones (excluding diaryl/α,β-unsaturated/α-hetero) is 1. The predicted molar refractivity (Wildman–Crippen MR) is 119 cm³/mol. The molecule has 1 unspecified atom stereocenters. The summed E-state index contributed by atoms with van der Waals surface area (Å²) in [5, 5.41) is 11.2. The van der Waals surface area contributed by atoms with Gasteiger partial charge < -0.3 is 14.7 Å². The number of carbonyl (C=O) groups is 2. The van der Waals surface area contributed by atoms with Gasteiger partial charge in [0.15, 0.2) is 0 Å². The van der Waals surface area contributed by atoms with E-state index in [4.69, 9.17) is 4.74 Å². The fourth-order valence-corrected chi connectivity index (χ4v) is 3.76. The molecule has 1 N–H and O–H groups in total. The molecule has 1 atom stereocenters. The van der Waals surface area contributed by atoms with Crippen LogP contribution in [0.2, 0.25) is 0 Å². The molecule has 0 saturated carbocycles. The molecule has 7 nitrogen and oxygen atoms in total. The van der Waals surface area contributed by atoms with Crippen molar-refractivity contribution in [1.82, 2.24) is 14.9 Å². The fourth-order valence-electron chi connectivity index (χ4n) is 3.76. The molecule has 2 aromatic heterocycles. The van der Waals surface area contributed by atoms with Gasteiger partial charge in [-0.05, 0) is 61.4 Å². The van der Waals surface area contributed by atoms with Crippen LogP contribution in [0.3, 0.4) is 0 Å². The molecule has 32 heavy (non-hydrogen) atoms. The van der Waals surface area contributed by atoms with E-state index >= 15 is 0 Å². The first-order valence-corrected chi connectivity index (χ1v) is 10.3. The van der Waals surface area contributed by atoms with E-state index in [9.17, 15) is 14.7 Å². The lowest BCUT2D eigenvalue weighted by atomic mass is 9.95. The Morgan fingerprint density at radius 3 is 2.34 bits per heavy atom. The quantitative estimate of drug-likeness (QED) is 0.363. The molecule has 1 amide bonds. The molecule has 3 aromatic rings. The third-order valence-corrected chi connectivity index (χ3v) is 5.14. The first kappa shape index (κ1) is 21.2. The van der Waals surface area contributed by atoms with E-state index < -0.39 is 17.7 Å². The fraction of sp³-hybridized carbons (Fsp3) is 0.200. The van der Waals surface area contributed by atoms with Crippen LogP contribution >= 0.6 is 0 Å². The lowest BCUT2D eigenvalue weighted by Crippen LogP contribution is -2.29. The summed E-state index contributed by atoms with van der Waals surface area (Å²) >= 11 is 0. The van der Waals surface area contributed by atoms with E-state index in [1.165, 1.54) is 4.90 Å². The molecular formula is C25H23N3O4. The van der Waals surface area contributed by atoms with Crippen molar-refractivity contribution in [3.63, 3.8) is 0 Å². The number of amides is 1. The van der Waals surface area contributed by atoms with Crippen molar-refractivity contribution in [3.8, 4) is 5.75 Å². The third kappa shape index (κ3) is 4.23. The zero-order chi connectivity index (χ0) is 22.7. The highest BCUT2D eigenvalue weighted by Gasteiger charge is 2.46. The van der Waals surface area contributed by atoms with Gasteiger partial charge in [-0.1, -0.05) is 12.1 Å². The van der Waals surface area contributed by atoms with Crippen LogP contribution in [0.15, 0.2) is 78.9 Å². The van der Waals surface area contributed by atoms with Crippen molar-refractivity contribution >= 4 is 17.4 Å². The highest BCUT2D eigenvalue weighted by molar-refractivity contribution is 6.46. The predicted octanol–water partition coefficient (Wildman–Crippen LogP) is 3.89. The van der Waals surface area contributed by atoms with Crippen molar-refractivity contribution < 1.29 is 19.4 Å². The maximum Gasteiger partial charge on any atom is 0.295 e. The van der Waals surface area contributed by atoms with E-state index in [-0.39, 0.29) is 24.0 Å². The van der Waals surface area contributed by atoms with Gasteiger partial charge in [-0.3, -0.25) is 19.6 Å². The Labute approximate surface area is 186 Å². The second-order valence-electron chi connectivity index (χ2n) is 7.76.